The minimum atomic E-state index is -0.354. The van der Waals surface area contributed by atoms with Gasteiger partial charge < -0.3 is 10.6 Å². The molecule has 0 saturated heterocycles. The Morgan fingerprint density at radius 2 is 1.90 bits per heavy atom. The number of nitrogens with zero attached hydrogens (tertiary/aromatic N) is 1. The third kappa shape index (κ3) is 3.03. The Morgan fingerprint density at radius 3 is 2.45 bits per heavy atom. The van der Waals surface area contributed by atoms with Crippen LogP contribution in [0.2, 0.25) is 0 Å². The molecule has 0 spiro atoms. The van der Waals surface area contributed by atoms with E-state index in [2.05, 4.69) is 0 Å². The summed E-state index contributed by atoms with van der Waals surface area (Å²) in [7, 11) is 0. The van der Waals surface area contributed by atoms with Crippen molar-refractivity contribution in [1.82, 2.24) is 0 Å². The van der Waals surface area contributed by atoms with Crippen LogP contribution in [0, 0.1) is 5.82 Å². The number of nitrogens with two attached hydrogens (primary N) is 1. The lowest BCUT2D eigenvalue weighted by Crippen LogP contribution is -2.30. The fourth-order valence-electron chi connectivity index (χ4n) is 2.03. The summed E-state index contributed by atoms with van der Waals surface area (Å²) in [4.78, 5) is 14.0. The summed E-state index contributed by atoms with van der Waals surface area (Å²) in [5.41, 5.74) is 7.62. The van der Waals surface area contributed by atoms with E-state index in [0.717, 1.165) is 5.56 Å². The van der Waals surface area contributed by atoms with Gasteiger partial charge in [-0.15, -0.1) is 0 Å². The third-order valence-corrected chi connectivity index (χ3v) is 3.12. The van der Waals surface area contributed by atoms with Crippen LogP contribution in [0.15, 0.2) is 48.5 Å². The van der Waals surface area contributed by atoms with E-state index >= 15 is 0 Å². The van der Waals surface area contributed by atoms with Gasteiger partial charge in [0.15, 0.2) is 0 Å². The summed E-state index contributed by atoms with van der Waals surface area (Å²) >= 11 is 0. The molecule has 4 heteroatoms. The molecule has 3 nitrogen and oxygen atoms in total. The first-order valence-electron chi connectivity index (χ1n) is 6.52. The predicted molar refractivity (Wildman–Crippen MR) is 78.1 cm³/mol. The lowest BCUT2D eigenvalue weighted by atomic mass is 10.1. The number of rotatable bonds is 4. The molecule has 2 aromatic carbocycles. The van der Waals surface area contributed by atoms with E-state index in [1.807, 2.05) is 19.1 Å². The Hall–Kier alpha value is -2.20. The van der Waals surface area contributed by atoms with Gasteiger partial charge in [-0.25, -0.2) is 4.39 Å². The smallest absolute Gasteiger partial charge is 0.258 e. The number of hydrogen-bond donors (Lipinski definition) is 1. The van der Waals surface area contributed by atoms with Gasteiger partial charge in [0, 0.05) is 24.3 Å². The van der Waals surface area contributed by atoms with E-state index in [0.29, 0.717) is 24.3 Å². The number of anilines is 1. The van der Waals surface area contributed by atoms with Crippen LogP contribution in [-0.2, 0) is 6.54 Å². The number of amides is 1. The molecule has 0 fully saturated rings. The average Bonchev–Trinajstić information content (AvgIpc) is 2.48. The Labute approximate surface area is 117 Å². The zero-order chi connectivity index (χ0) is 14.5. The minimum absolute atomic E-state index is 0.151. The topological polar surface area (TPSA) is 46.3 Å². The fourth-order valence-corrected chi connectivity index (χ4v) is 2.03. The maximum atomic E-state index is 13.3. The summed E-state index contributed by atoms with van der Waals surface area (Å²) in [5, 5.41) is 0. The summed E-state index contributed by atoms with van der Waals surface area (Å²) in [6.45, 7) is 2.77. The molecule has 2 rings (SSSR count). The van der Waals surface area contributed by atoms with Gasteiger partial charge in [-0.05, 0) is 42.8 Å². The van der Waals surface area contributed by atoms with Crippen molar-refractivity contribution >= 4 is 11.6 Å². The molecule has 0 atom stereocenters. The van der Waals surface area contributed by atoms with Gasteiger partial charge in [0.1, 0.15) is 5.82 Å². The first-order chi connectivity index (χ1) is 9.65. The molecule has 2 aromatic rings. The summed E-state index contributed by atoms with van der Waals surface area (Å²) in [6.07, 6.45) is 0. The zero-order valence-electron chi connectivity index (χ0n) is 11.3. The van der Waals surface area contributed by atoms with Crippen LogP contribution in [-0.4, -0.2) is 12.5 Å². The van der Waals surface area contributed by atoms with Crippen molar-refractivity contribution < 1.29 is 9.18 Å². The van der Waals surface area contributed by atoms with Crippen LogP contribution >= 0.6 is 0 Å². The monoisotopic (exact) mass is 272 g/mol. The SMILES string of the molecule is CCN(C(=O)c1ccc(CN)cc1)c1cccc(F)c1. The lowest BCUT2D eigenvalue weighted by molar-refractivity contribution is 0.0988. The van der Waals surface area contributed by atoms with Gasteiger partial charge >= 0.3 is 0 Å². The van der Waals surface area contributed by atoms with Crippen molar-refractivity contribution in [3.8, 4) is 0 Å². The first-order valence-corrected chi connectivity index (χ1v) is 6.52. The van der Waals surface area contributed by atoms with E-state index in [1.54, 1.807) is 29.2 Å². The molecule has 0 heterocycles. The molecule has 0 aliphatic carbocycles. The molecule has 104 valence electrons. The highest BCUT2D eigenvalue weighted by atomic mass is 19.1. The normalized spacial score (nSPS) is 10.3. The molecule has 1 amide bonds. The molecule has 2 N–H and O–H groups in total. The molecule has 0 aliphatic rings. The maximum absolute atomic E-state index is 13.3. The molecule has 0 aromatic heterocycles. The number of carbonyl (C=O) groups excluding carboxylic acids is 1. The second-order valence-electron chi connectivity index (χ2n) is 4.43. The lowest BCUT2D eigenvalue weighted by Gasteiger charge is -2.21. The number of benzene rings is 2. The number of halogens is 1. The largest absolute Gasteiger partial charge is 0.326 e. The Balaban J connectivity index is 2.28. The zero-order valence-corrected chi connectivity index (χ0v) is 11.3. The maximum Gasteiger partial charge on any atom is 0.258 e. The predicted octanol–water partition coefficient (Wildman–Crippen LogP) is 2.95. The molecular formula is C16H17FN2O. The van der Waals surface area contributed by atoms with Crippen LogP contribution in [0.1, 0.15) is 22.8 Å². The number of hydrogen-bond acceptors (Lipinski definition) is 2. The second-order valence-corrected chi connectivity index (χ2v) is 4.43. The van der Waals surface area contributed by atoms with Crippen molar-refractivity contribution in [2.24, 2.45) is 5.73 Å². The molecule has 0 radical (unpaired) electrons. The van der Waals surface area contributed by atoms with Crippen LogP contribution in [0.4, 0.5) is 10.1 Å². The van der Waals surface area contributed by atoms with Crippen LogP contribution < -0.4 is 10.6 Å². The van der Waals surface area contributed by atoms with E-state index in [-0.39, 0.29) is 11.7 Å². The number of carbonyl (C=O) groups is 1. The highest BCUT2D eigenvalue weighted by Crippen LogP contribution is 2.18. The average molecular weight is 272 g/mol. The molecule has 0 bridgehead atoms. The van der Waals surface area contributed by atoms with Gasteiger partial charge in [0.2, 0.25) is 0 Å². The van der Waals surface area contributed by atoms with Gasteiger partial charge in [-0.1, -0.05) is 18.2 Å². The molecule has 20 heavy (non-hydrogen) atoms. The van der Waals surface area contributed by atoms with E-state index < -0.39 is 0 Å². The highest BCUT2D eigenvalue weighted by Gasteiger charge is 2.16. The van der Waals surface area contributed by atoms with Crippen molar-refractivity contribution in [3.63, 3.8) is 0 Å². The van der Waals surface area contributed by atoms with Gasteiger partial charge in [0.25, 0.3) is 5.91 Å². The van der Waals surface area contributed by atoms with Crippen LogP contribution in [0.5, 0.6) is 0 Å². The molecule has 0 aliphatic heterocycles. The van der Waals surface area contributed by atoms with Crippen LogP contribution in [0.25, 0.3) is 0 Å². The Morgan fingerprint density at radius 1 is 1.20 bits per heavy atom. The minimum Gasteiger partial charge on any atom is -0.326 e. The van der Waals surface area contributed by atoms with Crippen LogP contribution in [0.3, 0.4) is 0 Å². The molecular weight excluding hydrogens is 255 g/mol. The van der Waals surface area contributed by atoms with Gasteiger partial charge in [-0.2, -0.15) is 0 Å². The standard InChI is InChI=1S/C16H17FN2O/c1-2-19(15-5-3-4-14(17)10-15)16(20)13-8-6-12(11-18)7-9-13/h3-10H,2,11,18H2,1H3. The van der Waals surface area contributed by atoms with Gasteiger partial charge in [0.05, 0.1) is 0 Å². The van der Waals surface area contributed by atoms with Crippen molar-refractivity contribution in [3.05, 3.63) is 65.5 Å². The van der Waals surface area contributed by atoms with E-state index in [9.17, 15) is 9.18 Å². The van der Waals surface area contributed by atoms with Crippen molar-refractivity contribution in [2.45, 2.75) is 13.5 Å². The summed E-state index contributed by atoms with van der Waals surface area (Å²) < 4.78 is 13.3. The first kappa shape index (κ1) is 14.2. The van der Waals surface area contributed by atoms with E-state index in [4.69, 9.17) is 5.73 Å². The summed E-state index contributed by atoms with van der Waals surface area (Å²) in [6, 6.07) is 13.2. The highest BCUT2D eigenvalue weighted by molar-refractivity contribution is 6.06. The summed E-state index contributed by atoms with van der Waals surface area (Å²) in [5.74, 6) is -0.506. The second kappa shape index (κ2) is 6.30. The fraction of sp³-hybridized carbons (Fsp3) is 0.188. The quantitative estimate of drug-likeness (QED) is 0.930. The molecule has 0 unspecified atom stereocenters. The molecule has 0 saturated carbocycles. The van der Waals surface area contributed by atoms with Crippen molar-refractivity contribution in [2.75, 3.05) is 11.4 Å². The Kier molecular flexibility index (Phi) is 4.48. The van der Waals surface area contributed by atoms with E-state index in [1.165, 1.54) is 12.1 Å². The van der Waals surface area contributed by atoms with Crippen molar-refractivity contribution in [1.29, 1.82) is 0 Å². The van der Waals surface area contributed by atoms with Gasteiger partial charge in [-0.3, -0.25) is 4.79 Å². The third-order valence-electron chi connectivity index (χ3n) is 3.12. The Bertz CT molecular complexity index is 596.